The van der Waals surface area contributed by atoms with Crippen LogP contribution in [0.2, 0.25) is 0 Å². The van der Waals surface area contributed by atoms with Crippen LogP contribution in [0.4, 0.5) is 5.82 Å². The van der Waals surface area contributed by atoms with Gasteiger partial charge in [-0.25, -0.2) is 9.97 Å². The molecule has 3 N–H and O–H groups in total. The summed E-state index contributed by atoms with van der Waals surface area (Å²) in [4.78, 5) is 20.5. The number of nitrogens with one attached hydrogen (secondary N) is 1. The highest BCUT2D eigenvalue weighted by Gasteiger charge is 2.37. The lowest BCUT2D eigenvalue weighted by Crippen LogP contribution is -2.33. The second-order valence-electron chi connectivity index (χ2n) is 8.78. The lowest BCUT2D eigenvalue weighted by Gasteiger charge is -2.35. The van der Waals surface area contributed by atoms with Crippen LogP contribution < -0.4 is 5.32 Å². The molecule has 0 bridgehead atoms. The normalized spacial score (nSPS) is 22.3. The van der Waals surface area contributed by atoms with Crippen LogP contribution >= 0.6 is 0 Å². The van der Waals surface area contributed by atoms with E-state index in [4.69, 9.17) is 0 Å². The Kier molecular flexibility index (Phi) is 5.67. The maximum absolute atomic E-state index is 11.3. The van der Waals surface area contributed by atoms with Crippen LogP contribution in [0.3, 0.4) is 0 Å². The van der Waals surface area contributed by atoms with Gasteiger partial charge in [0.05, 0.1) is 17.0 Å². The van der Waals surface area contributed by atoms with E-state index in [1.807, 2.05) is 31.2 Å². The van der Waals surface area contributed by atoms with Crippen molar-refractivity contribution < 1.29 is 15.0 Å². The van der Waals surface area contributed by atoms with Crippen LogP contribution in [0.1, 0.15) is 61.2 Å². The Balaban J connectivity index is 1.67. The van der Waals surface area contributed by atoms with Crippen molar-refractivity contribution in [2.45, 2.75) is 58.1 Å². The van der Waals surface area contributed by atoms with Crippen molar-refractivity contribution in [2.24, 2.45) is 5.92 Å². The average molecular weight is 420 g/mol. The molecule has 3 aromatic rings. The molecule has 162 valence electrons. The first-order chi connectivity index (χ1) is 14.7. The van der Waals surface area contributed by atoms with E-state index in [-0.39, 0.29) is 12.0 Å². The molecule has 0 saturated heterocycles. The fourth-order valence-corrected chi connectivity index (χ4v) is 4.50. The van der Waals surface area contributed by atoms with E-state index in [0.29, 0.717) is 31.5 Å². The summed E-state index contributed by atoms with van der Waals surface area (Å²) in [5.74, 6) is 0.265. The highest BCUT2D eigenvalue weighted by atomic mass is 16.4. The molecule has 1 saturated carbocycles. The van der Waals surface area contributed by atoms with Crippen LogP contribution in [0, 0.1) is 19.8 Å². The maximum Gasteiger partial charge on any atom is 0.306 e. The minimum Gasteiger partial charge on any atom is -0.481 e. The zero-order chi connectivity index (χ0) is 22.2. The number of aliphatic carboxylic acids is 1. The van der Waals surface area contributed by atoms with E-state index in [1.165, 1.54) is 11.1 Å². The van der Waals surface area contributed by atoms with Gasteiger partial charge in [-0.15, -0.1) is 0 Å². The first-order valence-corrected chi connectivity index (χ1v) is 10.8. The molecule has 1 atom stereocenters. The zero-order valence-electron chi connectivity index (χ0n) is 18.2. The minimum absolute atomic E-state index is 0.0511. The number of rotatable bonds is 5. The van der Waals surface area contributed by atoms with Crippen LogP contribution in [-0.4, -0.2) is 26.2 Å². The number of hydrogen-bond donors (Lipinski definition) is 3. The van der Waals surface area contributed by atoms with Crippen molar-refractivity contribution in [1.82, 2.24) is 9.97 Å². The van der Waals surface area contributed by atoms with Gasteiger partial charge in [0.1, 0.15) is 11.6 Å². The molecule has 1 aliphatic rings. The van der Waals surface area contributed by atoms with Gasteiger partial charge in [0.15, 0.2) is 0 Å². The number of carbonyl (C=O) groups is 1. The minimum atomic E-state index is -1.02. The average Bonchev–Trinajstić information content (AvgIpc) is 2.73. The number of hydrogen-bond acceptors (Lipinski definition) is 5. The fraction of sp³-hybridized carbons (Fsp3) is 0.400. The van der Waals surface area contributed by atoms with Crippen molar-refractivity contribution >= 4 is 22.7 Å². The van der Waals surface area contributed by atoms with Gasteiger partial charge in [-0.1, -0.05) is 35.9 Å². The third kappa shape index (κ3) is 4.39. The third-order valence-electron chi connectivity index (χ3n) is 6.40. The quantitative estimate of drug-likeness (QED) is 0.545. The molecule has 2 aromatic carbocycles. The molecule has 0 spiro atoms. The van der Waals surface area contributed by atoms with Gasteiger partial charge in [0.25, 0.3) is 0 Å². The first kappa shape index (κ1) is 21.2. The van der Waals surface area contributed by atoms with Crippen molar-refractivity contribution in [2.75, 3.05) is 5.32 Å². The molecular weight excluding hydrogens is 390 g/mol. The molecule has 0 aliphatic heterocycles. The van der Waals surface area contributed by atoms with Crippen LogP contribution in [0.15, 0.2) is 42.5 Å². The van der Waals surface area contributed by atoms with Crippen LogP contribution in [0.5, 0.6) is 0 Å². The summed E-state index contributed by atoms with van der Waals surface area (Å²) in [5.41, 5.74) is 2.97. The topological polar surface area (TPSA) is 95.3 Å². The molecule has 0 amide bonds. The molecule has 1 fully saturated rings. The van der Waals surface area contributed by atoms with Crippen LogP contribution in [0.25, 0.3) is 10.9 Å². The van der Waals surface area contributed by atoms with Gasteiger partial charge in [0, 0.05) is 11.4 Å². The van der Waals surface area contributed by atoms with Gasteiger partial charge < -0.3 is 15.5 Å². The SMILES string of the molecule is Cc1cccc([C@@H](C)Nc2nc(C)nc3ccc(C4(O)CCC(C(=O)O)CC4)cc23)c1. The molecule has 0 unspecified atom stereocenters. The summed E-state index contributed by atoms with van der Waals surface area (Å²) in [6.07, 6.45) is 1.82. The highest BCUT2D eigenvalue weighted by Crippen LogP contribution is 2.41. The Morgan fingerprint density at radius 3 is 2.55 bits per heavy atom. The molecule has 4 rings (SSSR count). The number of aryl methyl sites for hydroxylation is 2. The molecule has 6 nitrogen and oxygen atoms in total. The van der Waals surface area contributed by atoms with E-state index in [0.717, 1.165) is 22.3 Å². The van der Waals surface area contributed by atoms with Gasteiger partial charge in [-0.3, -0.25) is 4.79 Å². The highest BCUT2D eigenvalue weighted by molar-refractivity contribution is 5.90. The molecule has 0 radical (unpaired) electrons. The fourth-order valence-electron chi connectivity index (χ4n) is 4.50. The van der Waals surface area contributed by atoms with Gasteiger partial charge in [0.2, 0.25) is 0 Å². The number of fused-ring (bicyclic) bond motifs is 1. The Morgan fingerprint density at radius 1 is 1.13 bits per heavy atom. The Hall–Kier alpha value is -2.99. The molecular formula is C25H29N3O3. The monoisotopic (exact) mass is 419 g/mol. The second-order valence-corrected chi connectivity index (χ2v) is 8.78. The predicted octanol–water partition coefficient (Wildman–Crippen LogP) is 4.88. The summed E-state index contributed by atoms with van der Waals surface area (Å²) in [5, 5.41) is 24.9. The summed E-state index contributed by atoms with van der Waals surface area (Å²) < 4.78 is 0. The number of nitrogens with zero attached hydrogens (tertiary/aromatic N) is 2. The third-order valence-corrected chi connectivity index (χ3v) is 6.40. The van der Waals surface area contributed by atoms with Crippen molar-refractivity contribution in [3.63, 3.8) is 0 Å². The maximum atomic E-state index is 11.3. The Bertz CT molecular complexity index is 1120. The lowest BCUT2D eigenvalue weighted by atomic mass is 9.75. The predicted molar refractivity (Wildman–Crippen MR) is 121 cm³/mol. The summed E-state index contributed by atoms with van der Waals surface area (Å²) >= 11 is 0. The summed E-state index contributed by atoms with van der Waals surface area (Å²) in [6, 6.07) is 14.2. The first-order valence-electron chi connectivity index (χ1n) is 10.8. The van der Waals surface area contributed by atoms with E-state index < -0.39 is 11.6 Å². The van der Waals surface area contributed by atoms with E-state index in [9.17, 15) is 15.0 Å². The van der Waals surface area contributed by atoms with E-state index in [1.54, 1.807) is 0 Å². The number of aliphatic hydroxyl groups is 1. The van der Waals surface area contributed by atoms with Gasteiger partial charge in [-0.05, 0) is 69.7 Å². The second kappa shape index (κ2) is 8.27. The van der Waals surface area contributed by atoms with Crippen molar-refractivity contribution in [1.29, 1.82) is 0 Å². The summed E-state index contributed by atoms with van der Waals surface area (Å²) in [6.45, 7) is 6.05. The lowest BCUT2D eigenvalue weighted by molar-refractivity contribution is -0.145. The smallest absolute Gasteiger partial charge is 0.306 e. The number of aromatic nitrogens is 2. The number of carboxylic acids is 1. The standard InChI is InChI=1S/C25H29N3O3/c1-15-5-4-6-19(13-15)16(2)26-23-21-14-20(7-8-22(21)27-17(3)28-23)25(31)11-9-18(10-12-25)24(29)30/h4-8,13-14,16,18,31H,9-12H2,1-3H3,(H,29,30)(H,26,27,28)/t16-,18?,25?/m1/s1. The molecule has 31 heavy (non-hydrogen) atoms. The number of anilines is 1. The Morgan fingerprint density at radius 2 is 1.87 bits per heavy atom. The van der Waals surface area contributed by atoms with Gasteiger partial charge in [-0.2, -0.15) is 0 Å². The van der Waals surface area contributed by atoms with E-state index in [2.05, 4.69) is 47.3 Å². The largest absolute Gasteiger partial charge is 0.481 e. The molecule has 1 aromatic heterocycles. The van der Waals surface area contributed by atoms with E-state index >= 15 is 0 Å². The van der Waals surface area contributed by atoms with Crippen molar-refractivity contribution in [3.05, 3.63) is 65.0 Å². The van der Waals surface area contributed by atoms with Crippen molar-refractivity contribution in [3.8, 4) is 0 Å². The molecule has 6 heteroatoms. The zero-order valence-corrected chi connectivity index (χ0v) is 18.2. The molecule has 1 aliphatic carbocycles. The van der Waals surface area contributed by atoms with Gasteiger partial charge >= 0.3 is 5.97 Å². The number of benzene rings is 2. The Labute approximate surface area is 182 Å². The number of carboxylic acid groups (broad SMARTS) is 1. The van der Waals surface area contributed by atoms with Crippen LogP contribution in [-0.2, 0) is 10.4 Å². The summed E-state index contributed by atoms with van der Waals surface area (Å²) in [7, 11) is 0. The molecule has 1 heterocycles.